The predicted molar refractivity (Wildman–Crippen MR) is 81.3 cm³/mol. The first-order valence-corrected chi connectivity index (χ1v) is 8.06. The molecule has 0 radical (unpaired) electrons. The molecule has 3 heteroatoms. The molecule has 0 aliphatic carbocycles. The zero-order chi connectivity index (χ0) is 14.3. The second-order valence-corrected chi connectivity index (χ2v) is 5.36. The number of nitrogens with one attached hydrogen (secondary N) is 1. The fourth-order valence-corrected chi connectivity index (χ4v) is 2.01. The number of carbonyl (C=O) groups is 1. The van der Waals surface area contributed by atoms with E-state index in [2.05, 4.69) is 12.2 Å². The molecule has 0 saturated heterocycles. The predicted octanol–water partition coefficient (Wildman–Crippen LogP) is 4.06. The molecule has 0 rings (SSSR count). The maximum absolute atomic E-state index is 11.3. The molecule has 0 aliphatic heterocycles. The highest BCUT2D eigenvalue weighted by molar-refractivity contribution is 5.75. The van der Waals surface area contributed by atoms with Gasteiger partial charge in [0, 0.05) is 0 Å². The Morgan fingerprint density at radius 1 is 0.947 bits per heavy atom. The van der Waals surface area contributed by atoms with Crippen molar-refractivity contribution in [3.63, 3.8) is 0 Å². The summed E-state index contributed by atoms with van der Waals surface area (Å²) in [5.41, 5.74) is 0. The molecule has 114 valence electrons. The highest BCUT2D eigenvalue weighted by atomic mass is 16.5. The molecule has 0 bridgehead atoms. The molecule has 0 aromatic rings. The van der Waals surface area contributed by atoms with Crippen LogP contribution in [0.15, 0.2) is 0 Å². The summed E-state index contributed by atoms with van der Waals surface area (Å²) in [5.74, 6) is -0.140. The number of hydrogen-bond acceptors (Lipinski definition) is 3. The highest BCUT2D eigenvalue weighted by Crippen LogP contribution is 2.10. The van der Waals surface area contributed by atoms with Crippen LogP contribution >= 0.6 is 0 Å². The molecule has 0 fully saturated rings. The number of esters is 1. The van der Waals surface area contributed by atoms with Gasteiger partial charge in [-0.3, -0.25) is 4.79 Å². The molecule has 0 aliphatic rings. The topological polar surface area (TPSA) is 38.3 Å². The normalized spacial score (nSPS) is 12.4. The number of ether oxygens (including phenoxy) is 1. The SMILES string of the molecule is CCCCCCCCCCCCOC(=O)[C@H](C)NC. The van der Waals surface area contributed by atoms with Gasteiger partial charge in [0.15, 0.2) is 0 Å². The lowest BCUT2D eigenvalue weighted by Gasteiger charge is -2.09. The van der Waals surface area contributed by atoms with Gasteiger partial charge in [-0.1, -0.05) is 64.7 Å². The average Bonchev–Trinajstić information content (AvgIpc) is 2.43. The van der Waals surface area contributed by atoms with Crippen molar-refractivity contribution in [1.82, 2.24) is 5.32 Å². The molecule has 1 N–H and O–H groups in total. The van der Waals surface area contributed by atoms with Crippen molar-refractivity contribution in [3.8, 4) is 0 Å². The Labute approximate surface area is 119 Å². The largest absolute Gasteiger partial charge is 0.465 e. The first kappa shape index (κ1) is 18.4. The Balaban J connectivity index is 3.13. The minimum Gasteiger partial charge on any atom is -0.465 e. The third kappa shape index (κ3) is 12.2. The fraction of sp³-hybridized carbons (Fsp3) is 0.938. The molecule has 0 amide bonds. The van der Waals surface area contributed by atoms with Gasteiger partial charge in [-0.15, -0.1) is 0 Å². The number of rotatable bonds is 13. The van der Waals surface area contributed by atoms with Crippen molar-refractivity contribution >= 4 is 5.97 Å². The number of carbonyl (C=O) groups excluding carboxylic acids is 1. The van der Waals surface area contributed by atoms with Crippen molar-refractivity contribution < 1.29 is 9.53 Å². The van der Waals surface area contributed by atoms with Crippen LogP contribution in [-0.4, -0.2) is 25.7 Å². The lowest BCUT2D eigenvalue weighted by molar-refractivity contribution is -0.145. The maximum Gasteiger partial charge on any atom is 0.322 e. The average molecular weight is 271 g/mol. The Morgan fingerprint density at radius 2 is 1.42 bits per heavy atom. The second-order valence-electron chi connectivity index (χ2n) is 5.36. The van der Waals surface area contributed by atoms with E-state index >= 15 is 0 Å². The molecular formula is C16H33NO2. The lowest BCUT2D eigenvalue weighted by atomic mass is 10.1. The van der Waals surface area contributed by atoms with Crippen molar-refractivity contribution in [2.75, 3.05) is 13.7 Å². The van der Waals surface area contributed by atoms with Crippen molar-refractivity contribution in [3.05, 3.63) is 0 Å². The van der Waals surface area contributed by atoms with E-state index < -0.39 is 0 Å². The van der Waals surface area contributed by atoms with E-state index in [4.69, 9.17) is 4.74 Å². The van der Waals surface area contributed by atoms with Gasteiger partial charge in [0.2, 0.25) is 0 Å². The number of unbranched alkanes of at least 4 members (excludes halogenated alkanes) is 9. The van der Waals surface area contributed by atoms with E-state index in [0.717, 1.165) is 6.42 Å². The standard InChI is InChI=1S/C16H33NO2/c1-4-5-6-7-8-9-10-11-12-13-14-19-16(18)15(2)17-3/h15,17H,4-14H2,1-3H3/t15-/m0/s1. The van der Waals surface area contributed by atoms with Crippen LogP contribution in [0.2, 0.25) is 0 Å². The zero-order valence-corrected chi connectivity index (χ0v) is 13.2. The smallest absolute Gasteiger partial charge is 0.322 e. The first-order chi connectivity index (χ1) is 9.22. The molecule has 3 nitrogen and oxygen atoms in total. The third-order valence-corrected chi connectivity index (χ3v) is 3.53. The molecule has 0 heterocycles. The van der Waals surface area contributed by atoms with Crippen LogP contribution in [0.3, 0.4) is 0 Å². The van der Waals surface area contributed by atoms with Gasteiger partial charge in [0.1, 0.15) is 6.04 Å². The summed E-state index contributed by atoms with van der Waals surface area (Å²) in [6, 6.07) is -0.192. The highest BCUT2D eigenvalue weighted by Gasteiger charge is 2.10. The minimum absolute atomic E-state index is 0.140. The molecule has 0 aromatic carbocycles. The van der Waals surface area contributed by atoms with Gasteiger partial charge in [-0.2, -0.15) is 0 Å². The monoisotopic (exact) mass is 271 g/mol. The molecule has 0 unspecified atom stereocenters. The zero-order valence-electron chi connectivity index (χ0n) is 13.2. The van der Waals surface area contributed by atoms with E-state index in [9.17, 15) is 4.79 Å². The summed E-state index contributed by atoms with van der Waals surface area (Å²) in [6.07, 6.45) is 13.0. The van der Waals surface area contributed by atoms with Gasteiger partial charge in [-0.05, 0) is 20.4 Å². The third-order valence-electron chi connectivity index (χ3n) is 3.53. The maximum atomic E-state index is 11.3. The van der Waals surface area contributed by atoms with E-state index in [1.807, 2.05) is 6.92 Å². The van der Waals surface area contributed by atoms with E-state index in [0.29, 0.717) is 6.61 Å². The molecular weight excluding hydrogens is 238 g/mol. The molecule has 1 atom stereocenters. The number of likely N-dealkylation sites (N-methyl/N-ethyl adjacent to an activating group) is 1. The van der Waals surface area contributed by atoms with Crippen LogP contribution in [0.4, 0.5) is 0 Å². The van der Waals surface area contributed by atoms with E-state index in [1.54, 1.807) is 7.05 Å². The number of hydrogen-bond donors (Lipinski definition) is 1. The van der Waals surface area contributed by atoms with Crippen molar-refractivity contribution in [1.29, 1.82) is 0 Å². The molecule has 0 saturated carbocycles. The summed E-state index contributed by atoms with van der Waals surface area (Å²) in [5, 5.41) is 2.88. The Bertz CT molecular complexity index is 207. The fourth-order valence-electron chi connectivity index (χ4n) is 2.01. The van der Waals surface area contributed by atoms with Crippen LogP contribution in [0.1, 0.15) is 78.1 Å². The summed E-state index contributed by atoms with van der Waals surface area (Å²) in [6.45, 7) is 4.65. The van der Waals surface area contributed by atoms with Gasteiger partial charge in [-0.25, -0.2) is 0 Å². The van der Waals surface area contributed by atoms with Gasteiger partial charge in [0.25, 0.3) is 0 Å². The summed E-state index contributed by atoms with van der Waals surface area (Å²) < 4.78 is 5.17. The van der Waals surface area contributed by atoms with Gasteiger partial charge >= 0.3 is 5.97 Å². The quantitative estimate of drug-likeness (QED) is 0.405. The summed E-state index contributed by atoms with van der Waals surface area (Å²) in [4.78, 5) is 11.3. The van der Waals surface area contributed by atoms with Crippen LogP contribution < -0.4 is 5.32 Å². The van der Waals surface area contributed by atoms with Crippen molar-refractivity contribution in [2.24, 2.45) is 0 Å². The van der Waals surface area contributed by atoms with Crippen LogP contribution in [0.5, 0.6) is 0 Å². The van der Waals surface area contributed by atoms with Crippen LogP contribution in [-0.2, 0) is 9.53 Å². The van der Waals surface area contributed by atoms with Crippen LogP contribution in [0, 0.1) is 0 Å². The van der Waals surface area contributed by atoms with Gasteiger partial charge < -0.3 is 10.1 Å². The van der Waals surface area contributed by atoms with Gasteiger partial charge in [0.05, 0.1) is 6.61 Å². The molecule has 19 heavy (non-hydrogen) atoms. The van der Waals surface area contributed by atoms with E-state index in [1.165, 1.54) is 57.8 Å². The lowest BCUT2D eigenvalue weighted by Crippen LogP contribution is -2.32. The Hall–Kier alpha value is -0.570. The minimum atomic E-state index is -0.192. The van der Waals surface area contributed by atoms with Crippen molar-refractivity contribution in [2.45, 2.75) is 84.1 Å². The summed E-state index contributed by atoms with van der Waals surface area (Å²) >= 11 is 0. The Morgan fingerprint density at radius 3 is 1.89 bits per heavy atom. The summed E-state index contributed by atoms with van der Waals surface area (Å²) in [7, 11) is 1.77. The molecule has 0 spiro atoms. The first-order valence-electron chi connectivity index (χ1n) is 8.06. The molecule has 0 aromatic heterocycles. The van der Waals surface area contributed by atoms with Crippen LogP contribution in [0.25, 0.3) is 0 Å². The Kier molecular flexibility index (Phi) is 13.4. The second kappa shape index (κ2) is 13.9. The van der Waals surface area contributed by atoms with E-state index in [-0.39, 0.29) is 12.0 Å².